The largest absolute Gasteiger partial charge is 0.465 e. The number of anilines is 2. The predicted molar refractivity (Wildman–Crippen MR) is 97.1 cm³/mol. The Hall–Kier alpha value is -3.16. The van der Waals surface area contributed by atoms with Crippen LogP contribution in [-0.4, -0.2) is 66.6 Å². The lowest BCUT2D eigenvalue weighted by molar-refractivity contribution is -0.129. The highest BCUT2D eigenvalue weighted by molar-refractivity contribution is 5.89. The van der Waals surface area contributed by atoms with Crippen molar-refractivity contribution in [2.75, 3.05) is 50.1 Å². The molecule has 0 atom stereocenters. The lowest BCUT2D eigenvalue weighted by Crippen LogP contribution is -2.50. The molecule has 26 heavy (non-hydrogen) atoms. The van der Waals surface area contributed by atoms with Crippen LogP contribution in [-0.2, 0) is 9.53 Å². The molecule has 1 aliphatic rings. The second kappa shape index (κ2) is 8.28. The Morgan fingerprint density at radius 3 is 2.35 bits per heavy atom. The number of methoxy groups -OCH3 is 1. The maximum Gasteiger partial charge on any atom is 0.337 e. The average Bonchev–Trinajstić information content (AvgIpc) is 2.72. The molecule has 1 N–H and O–H groups in total. The molecule has 8 heteroatoms. The summed E-state index contributed by atoms with van der Waals surface area (Å²) < 4.78 is 4.66. The summed E-state index contributed by atoms with van der Waals surface area (Å²) in [5.74, 6) is 0.354. The molecule has 2 aromatic rings. The highest BCUT2D eigenvalue weighted by atomic mass is 16.5. The van der Waals surface area contributed by atoms with Gasteiger partial charge in [0, 0.05) is 44.3 Å². The van der Waals surface area contributed by atoms with E-state index in [1.54, 1.807) is 42.7 Å². The number of ether oxygens (including phenoxy) is 1. The van der Waals surface area contributed by atoms with E-state index in [4.69, 9.17) is 0 Å². The maximum atomic E-state index is 12.4. The first kappa shape index (κ1) is 17.7. The molecule has 3 rings (SSSR count). The topological polar surface area (TPSA) is 87.7 Å². The summed E-state index contributed by atoms with van der Waals surface area (Å²) in [6.45, 7) is 2.91. The molecule has 136 valence electrons. The van der Waals surface area contributed by atoms with Crippen LogP contribution < -0.4 is 10.2 Å². The molecule has 8 nitrogen and oxygen atoms in total. The van der Waals surface area contributed by atoms with Gasteiger partial charge < -0.3 is 19.9 Å². The summed E-state index contributed by atoms with van der Waals surface area (Å²) >= 11 is 0. The Morgan fingerprint density at radius 1 is 1.08 bits per heavy atom. The van der Waals surface area contributed by atoms with Crippen LogP contribution in [0.3, 0.4) is 0 Å². The molecule has 0 radical (unpaired) electrons. The van der Waals surface area contributed by atoms with E-state index in [9.17, 15) is 9.59 Å². The summed E-state index contributed by atoms with van der Waals surface area (Å²) in [5, 5.41) is 3.09. The number of piperazine rings is 1. The van der Waals surface area contributed by atoms with Gasteiger partial charge in [-0.3, -0.25) is 4.79 Å². The third-order valence-corrected chi connectivity index (χ3v) is 4.22. The third kappa shape index (κ3) is 4.27. The van der Waals surface area contributed by atoms with Crippen LogP contribution in [0.1, 0.15) is 10.4 Å². The number of carbonyl (C=O) groups excluding carboxylic acids is 2. The van der Waals surface area contributed by atoms with Gasteiger partial charge in [0.2, 0.25) is 11.9 Å². The normalized spacial score (nSPS) is 14.0. The SMILES string of the molecule is COC(=O)c1ccc(NCC(=O)N2CCN(c3ncccn3)CC2)cc1. The molecule has 0 saturated carbocycles. The Kier molecular flexibility index (Phi) is 5.62. The van der Waals surface area contributed by atoms with Crippen LogP contribution in [0.15, 0.2) is 42.7 Å². The van der Waals surface area contributed by atoms with E-state index in [1.807, 2.05) is 4.90 Å². The van der Waals surface area contributed by atoms with Crippen molar-refractivity contribution < 1.29 is 14.3 Å². The highest BCUT2D eigenvalue weighted by Gasteiger charge is 2.22. The molecule has 1 amide bonds. The lowest BCUT2D eigenvalue weighted by Gasteiger charge is -2.34. The molecule has 0 aliphatic carbocycles. The van der Waals surface area contributed by atoms with Crippen LogP contribution in [0.2, 0.25) is 0 Å². The molecule has 0 spiro atoms. The summed E-state index contributed by atoms with van der Waals surface area (Å²) in [7, 11) is 1.34. The van der Waals surface area contributed by atoms with Crippen LogP contribution in [0.5, 0.6) is 0 Å². The van der Waals surface area contributed by atoms with Crippen molar-refractivity contribution in [1.82, 2.24) is 14.9 Å². The van der Waals surface area contributed by atoms with Crippen LogP contribution >= 0.6 is 0 Å². The minimum atomic E-state index is -0.382. The van der Waals surface area contributed by atoms with Gasteiger partial charge in [0.15, 0.2) is 0 Å². The standard InChI is InChI=1S/C18H21N5O3/c1-26-17(25)14-3-5-15(6-4-14)21-13-16(24)22-9-11-23(12-10-22)18-19-7-2-8-20-18/h2-8,21H,9-13H2,1H3. The van der Waals surface area contributed by atoms with Crippen LogP contribution in [0, 0.1) is 0 Å². The number of esters is 1. The molecule has 1 saturated heterocycles. The Bertz CT molecular complexity index is 743. The first-order valence-electron chi connectivity index (χ1n) is 8.39. The number of nitrogens with one attached hydrogen (secondary N) is 1. The molecule has 0 unspecified atom stereocenters. The van der Waals surface area contributed by atoms with Crippen LogP contribution in [0.4, 0.5) is 11.6 Å². The fourth-order valence-electron chi connectivity index (χ4n) is 2.74. The number of aromatic nitrogens is 2. The molecule has 1 aromatic carbocycles. The number of hydrogen-bond donors (Lipinski definition) is 1. The number of rotatable bonds is 5. The van der Waals surface area contributed by atoms with Crippen molar-refractivity contribution in [3.05, 3.63) is 48.3 Å². The second-order valence-electron chi connectivity index (χ2n) is 5.84. The molecule has 1 aromatic heterocycles. The summed E-state index contributed by atoms with van der Waals surface area (Å²) in [6.07, 6.45) is 3.44. The lowest BCUT2D eigenvalue weighted by atomic mass is 10.2. The van der Waals surface area contributed by atoms with Gasteiger partial charge in [-0.2, -0.15) is 0 Å². The smallest absolute Gasteiger partial charge is 0.337 e. The summed E-state index contributed by atoms with van der Waals surface area (Å²) in [6, 6.07) is 8.62. The second-order valence-corrected chi connectivity index (χ2v) is 5.84. The van der Waals surface area contributed by atoms with E-state index < -0.39 is 0 Å². The Morgan fingerprint density at radius 2 is 1.73 bits per heavy atom. The molecule has 1 fully saturated rings. The zero-order valence-corrected chi connectivity index (χ0v) is 14.6. The zero-order chi connectivity index (χ0) is 18.4. The van der Waals surface area contributed by atoms with E-state index in [-0.39, 0.29) is 18.4 Å². The van der Waals surface area contributed by atoms with Gasteiger partial charge in [-0.1, -0.05) is 0 Å². The van der Waals surface area contributed by atoms with Gasteiger partial charge >= 0.3 is 5.97 Å². The van der Waals surface area contributed by atoms with E-state index >= 15 is 0 Å². The van der Waals surface area contributed by atoms with Gasteiger partial charge in [0.1, 0.15) is 0 Å². The average molecular weight is 355 g/mol. The Labute approximate surface area is 151 Å². The minimum Gasteiger partial charge on any atom is -0.465 e. The number of amides is 1. The fourth-order valence-corrected chi connectivity index (χ4v) is 2.74. The third-order valence-electron chi connectivity index (χ3n) is 4.22. The van der Waals surface area contributed by atoms with Gasteiger partial charge in [0.25, 0.3) is 0 Å². The van der Waals surface area contributed by atoms with E-state index in [0.29, 0.717) is 37.7 Å². The number of hydrogen-bond acceptors (Lipinski definition) is 7. The maximum absolute atomic E-state index is 12.4. The van der Waals surface area contributed by atoms with Gasteiger partial charge in [0.05, 0.1) is 19.2 Å². The predicted octanol–water partition coefficient (Wildman–Crippen LogP) is 1.02. The number of benzene rings is 1. The van der Waals surface area contributed by atoms with Gasteiger partial charge in [-0.15, -0.1) is 0 Å². The van der Waals surface area contributed by atoms with Crippen molar-refractivity contribution >= 4 is 23.5 Å². The van der Waals surface area contributed by atoms with E-state index in [2.05, 4.69) is 24.9 Å². The zero-order valence-electron chi connectivity index (χ0n) is 14.6. The quantitative estimate of drug-likeness (QED) is 0.801. The summed E-state index contributed by atoms with van der Waals surface area (Å²) in [4.78, 5) is 36.2. The monoisotopic (exact) mass is 355 g/mol. The highest BCUT2D eigenvalue weighted by Crippen LogP contribution is 2.12. The van der Waals surface area contributed by atoms with Crippen molar-refractivity contribution in [3.63, 3.8) is 0 Å². The number of carbonyl (C=O) groups is 2. The molecular formula is C18H21N5O3. The van der Waals surface area contributed by atoms with E-state index in [0.717, 1.165) is 5.69 Å². The van der Waals surface area contributed by atoms with Crippen LogP contribution in [0.25, 0.3) is 0 Å². The number of nitrogens with zero attached hydrogens (tertiary/aromatic N) is 4. The minimum absolute atomic E-state index is 0.0377. The fraction of sp³-hybridized carbons (Fsp3) is 0.333. The van der Waals surface area contributed by atoms with E-state index in [1.165, 1.54) is 7.11 Å². The molecule has 0 bridgehead atoms. The van der Waals surface area contributed by atoms with Crippen molar-refractivity contribution in [2.45, 2.75) is 0 Å². The first-order valence-corrected chi connectivity index (χ1v) is 8.39. The Balaban J connectivity index is 1.46. The van der Waals surface area contributed by atoms with Crippen molar-refractivity contribution in [2.24, 2.45) is 0 Å². The van der Waals surface area contributed by atoms with Crippen molar-refractivity contribution in [1.29, 1.82) is 0 Å². The van der Waals surface area contributed by atoms with Gasteiger partial charge in [-0.05, 0) is 30.3 Å². The molecule has 1 aliphatic heterocycles. The van der Waals surface area contributed by atoms with Crippen molar-refractivity contribution in [3.8, 4) is 0 Å². The molecule has 2 heterocycles. The molecular weight excluding hydrogens is 334 g/mol. The summed E-state index contributed by atoms with van der Waals surface area (Å²) in [5.41, 5.74) is 1.26. The van der Waals surface area contributed by atoms with Gasteiger partial charge in [-0.25, -0.2) is 14.8 Å². The first-order chi connectivity index (χ1) is 12.7.